The summed E-state index contributed by atoms with van der Waals surface area (Å²) in [4.78, 5) is 10.9. The van der Waals surface area contributed by atoms with E-state index >= 15 is 0 Å². The molecule has 0 bridgehead atoms. The van der Waals surface area contributed by atoms with Crippen LogP contribution in [0.1, 0.15) is 20.8 Å². The second-order valence-electron chi connectivity index (χ2n) is 3.13. The van der Waals surface area contributed by atoms with Crippen LogP contribution < -0.4 is 5.32 Å². The molecular weight excluding hydrogens is 214 g/mol. The minimum absolute atomic E-state index is 0.226. The van der Waals surface area contributed by atoms with Gasteiger partial charge in [0.1, 0.15) is 0 Å². The number of carbonyl (C=O) groups excluding carboxylic acids is 1. The van der Waals surface area contributed by atoms with Crippen LogP contribution in [-0.4, -0.2) is 42.2 Å². The highest BCUT2D eigenvalue weighted by atomic mass is 28.3. The van der Waals surface area contributed by atoms with Crippen molar-refractivity contribution in [3.63, 3.8) is 0 Å². The zero-order valence-electron chi connectivity index (χ0n) is 9.91. The first kappa shape index (κ1) is 14.4. The van der Waals surface area contributed by atoms with Gasteiger partial charge in [0.25, 0.3) is 0 Å². The summed E-state index contributed by atoms with van der Waals surface area (Å²) in [6.07, 6.45) is -0.414. The van der Waals surface area contributed by atoms with E-state index in [1.165, 1.54) is 7.11 Å². The molecule has 1 unspecified atom stereocenters. The Morgan fingerprint density at radius 3 is 2.27 bits per heavy atom. The molecule has 0 aromatic rings. The van der Waals surface area contributed by atoms with Crippen molar-refractivity contribution < 1.29 is 18.4 Å². The molecule has 5 nitrogen and oxygen atoms in total. The Balaban J connectivity index is 3.89. The molecule has 0 rings (SSSR count). The first-order valence-electron chi connectivity index (χ1n) is 5.20. The molecule has 90 valence electrons. The molecule has 0 fully saturated rings. The van der Waals surface area contributed by atoms with E-state index in [1.54, 1.807) is 0 Å². The highest BCUT2D eigenvalue weighted by molar-refractivity contribution is 6.46. The average Bonchev–Trinajstić information content (AvgIpc) is 2.25. The second kappa shape index (κ2) is 8.69. The van der Waals surface area contributed by atoms with Crippen molar-refractivity contribution in [2.75, 3.05) is 26.9 Å². The van der Waals surface area contributed by atoms with Gasteiger partial charge in [-0.15, -0.1) is 0 Å². The van der Waals surface area contributed by atoms with E-state index in [0.29, 0.717) is 19.8 Å². The highest BCUT2D eigenvalue weighted by Gasteiger charge is 2.21. The predicted octanol–water partition coefficient (Wildman–Crippen LogP) is 1.03. The van der Waals surface area contributed by atoms with Crippen LogP contribution in [0.4, 0.5) is 4.79 Å². The molecule has 15 heavy (non-hydrogen) atoms. The van der Waals surface area contributed by atoms with E-state index < -0.39 is 15.4 Å². The Kier molecular flexibility index (Phi) is 8.35. The van der Waals surface area contributed by atoms with Crippen LogP contribution in [0.15, 0.2) is 0 Å². The van der Waals surface area contributed by atoms with Gasteiger partial charge >= 0.3 is 15.4 Å². The summed E-state index contributed by atoms with van der Waals surface area (Å²) < 4.78 is 15.6. The monoisotopic (exact) mass is 235 g/mol. The third-order valence-electron chi connectivity index (χ3n) is 1.88. The maximum Gasteiger partial charge on any atom is 0.406 e. The van der Waals surface area contributed by atoms with E-state index in [9.17, 15) is 4.79 Å². The van der Waals surface area contributed by atoms with Crippen LogP contribution in [-0.2, 0) is 13.6 Å². The van der Waals surface area contributed by atoms with Gasteiger partial charge in [-0.1, -0.05) is 6.92 Å². The van der Waals surface area contributed by atoms with Gasteiger partial charge in [0.15, 0.2) is 0 Å². The van der Waals surface area contributed by atoms with E-state index in [2.05, 4.69) is 10.1 Å². The van der Waals surface area contributed by atoms with Crippen molar-refractivity contribution in [3.8, 4) is 0 Å². The van der Waals surface area contributed by atoms with Crippen LogP contribution >= 0.6 is 0 Å². The van der Waals surface area contributed by atoms with Crippen molar-refractivity contribution in [3.05, 3.63) is 0 Å². The van der Waals surface area contributed by atoms with Crippen LogP contribution in [0, 0.1) is 0 Å². The van der Waals surface area contributed by atoms with Crippen LogP contribution in [0.25, 0.3) is 0 Å². The topological polar surface area (TPSA) is 56.8 Å². The maximum absolute atomic E-state index is 10.9. The molecule has 1 N–H and O–H groups in total. The van der Waals surface area contributed by atoms with Gasteiger partial charge in [0.2, 0.25) is 0 Å². The minimum Gasteiger partial charge on any atom is -0.453 e. The number of hydrogen-bond donors (Lipinski definition) is 1. The lowest BCUT2D eigenvalue weighted by Gasteiger charge is -2.21. The number of ether oxygens (including phenoxy) is 1. The van der Waals surface area contributed by atoms with Crippen molar-refractivity contribution in [2.24, 2.45) is 0 Å². The fraction of sp³-hybridized carbons (Fsp3) is 0.889. The van der Waals surface area contributed by atoms with Gasteiger partial charge < -0.3 is 18.9 Å². The Hall–Kier alpha value is -0.593. The van der Waals surface area contributed by atoms with Crippen molar-refractivity contribution >= 4 is 15.4 Å². The molecule has 0 saturated carbocycles. The predicted molar refractivity (Wildman–Crippen MR) is 60.2 cm³/mol. The van der Waals surface area contributed by atoms with Gasteiger partial charge in [-0.25, -0.2) is 4.79 Å². The summed E-state index contributed by atoms with van der Waals surface area (Å²) in [5.41, 5.74) is 0.226. The summed E-state index contributed by atoms with van der Waals surface area (Å²) in [6.45, 7) is 7.74. The van der Waals surface area contributed by atoms with Crippen molar-refractivity contribution in [1.29, 1.82) is 0 Å². The van der Waals surface area contributed by atoms with Crippen LogP contribution in [0.2, 0.25) is 5.54 Å². The standard InChI is InChI=1S/C9H21NO4Si/c1-5-13-15(14-6-2)8(3)7-10-9(11)12-4/h8,15H,5-7H2,1-4H3,(H,10,11). The number of methoxy groups -OCH3 is 1. The number of rotatable bonds is 7. The highest BCUT2D eigenvalue weighted by Crippen LogP contribution is 2.10. The lowest BCUT2D eigenvalue weighted by atomic mass is 10.5. The molecule has 0 aliphatic rings. The largest absolute Gasteiger partial charge is 0.453 e. The van der Waals surface area contributed by atoms with Crippen LogP contribution in [0.3, 0.4) is 0 Å². The number of nitrogens with one attached hydrogen (secondary N) is 1. The normalized spacial score (nSPS) is 12.6. The van der Waals surface area contributed by atoms with E-state index in [0.717, 1.165) is 0 Å². The number of amides is 1. The minimum atomic E-state index is -1.67. The molecule has 1 atom stereocenters. The average molecular weight is 235 g/mol. The number of hydrogen-bond acceptors (Lipinski definition) is 4. The third kappa shape index (κ3) is 6.48. The van der Waals surface area contributed by atoms with E-state index in [1.807, 2.05) is 20.8 Å². The first-order valence-corrected chi connectivity index (χ1v) is 6.81. The fourth-order valence-corrected chi connectivity index (χ4v) is 2.84. The summed E-state index contributed by atoms with van der Waals surface area (Å²) in [7, 11) is -0.321. The molecule has 6 heteroatoms. The summed E-state index contributed by atoms with van der Waals surface area (Å²) >= 11 is 0. The maximum atomic E-state index is 10.9. The Labute approximate surface area is 92.9 Å². The molecule has 1 amide bonds. The molecular formula is C9H21NO4Si. The summed E-state index contributed by atoms with van der Waals surface area (Å²) in [5, 5.41) is 2.64. The Morgan fingerprint density at radius 2 is 1.87 bits per heavy atom. The van der Waals surface area contributed by atoms with Gasteiger partial charge in [0.05, 0.1) is 7.11 Å². The van der Waals surface area contributed by atoms with Gasteiger partial charge in [-0.3, -0.25) is 0 Å². The zero-order chi connectivity index (χ0) is 11.7. The molecule has 0 aliphatic carbocycles. The van der Waals surface area contributed by atoms with Crippen molar-refractivity contribution in [1.82, 2.24) is 5.32 Å². The molecule has 0 spiro atoms. The zero-order valence-corrected chi connectivity index (χ0v) is 11.1. The van der Waals surface area contributed by atoms with E-state index in [4.69, 9.17) is 8.85 Å². The molecule has 0 saturated heterocycles. The molecule has 0 aromatic carbocycles. The smallest absolute Gasteiger partial charge is 0.406 e. The van der Waals surface area contributed by atoms with Gasteiger partial charge in [-0.2, -0.15) is 0 Å². The lowest BCUT2D eigenvalue weighted by molar-refractivity contribution is 0.169. The molecule has 0 radical (unpaired) electrons. The summed E-state index contributed by atoms with van der Waals surface area (Å²) in [5.74, 6) is 0. The quantitative estimate of drug-likeness (QED) is 0.670. The van der Waals surface area contributed by atoms with Gasteiger partial charge in [-0.05, 0) is 13.8 Å². The second-order valence-corrected chi connectivity index (χ2v) is 5.67. The number of alkyl carbamates (subject to hydrolysis) is 1. The first-order chi connectivity index (χ1) is 7.15. The van der Waals surface area contributed by atoms with E-state index in [-0.39, 0.29) is 5.54 Å². The number of carbonyl (C=O) groups is 1. The molecule has 0 heterocycles. The van der Waals surface area contributed by atoms with Crippen LogP contribution in [0.5, 0.6) is 0 Å². The molecule has 0 aromatic heterocycles. The van der Waals surface area contributed by atoms with Gasteiger partial charge in [0, 0.05) is 25.3 Å². The lowest BCUT2D eigenvalue weighted by Crippen LogP contribution is -2.36. The summed E-state index contributed by atoms with van der Waals surface area (Å²) in [6, 6.07) is 0. The van der Waals surface area contributed by atoms with Crippen molar-refractivity contribution in [2.45, 2.75) is 26.3 Å². The Morgan fingerprint density at radius 1 is 1.33 bits per heavy atom. The third-order valence-corrected chi connectivity index (χ3v) is 4.37. The fourth-order valence-electron chi connectivity index (χ4n) is 1.12. The molecule has 0 aliphatic heterocycles. The Bertz CT molecular complexity index is 173. The SMILES string of the molecule is CCO[SiH](OCC)C(C)CNC(=O)OC.